The first-order chi connectivity index (χ1) is 13.2. The molecule has 3 aromatic rings. The third-order valence-electron chi connectivity index (χ3n) is 4.83. The molecule has 1 fully saturated rings. The Morgan fingerprint density at radius 2 is 1.59 bits per heavy atom. The van der Waals surface area contributed by atoms with E-state index >= 15 is 0 Å². The summed E-state index contributed by atoms with van der Waals surface area (Å²) < 4.78 is 1.97. The maximum absolute atomic E-state index is 13.2. The van der Waals surface area contributed by atoms with Gasteiger partial charge in [-0.2, -0.15) is 0 Å². The standard InChI is InChI=1S/C21H22N4OS/c1-24-19(17-12-6-3-7-13-17)22-23-21(24)27-18(16-10-4-2-5-11-16)20(26)25-14-8-9-15-25/h2-7,10-13,18H,8-9,14-15H2,1H3/t18-/m1/s1. The van der Waals surface area contributed by atoms with E-state index < -0.39 is 0 Å². The largest absolute Gasteiger partial charge is 0.341 e. The molecule has 6 heteroatoms. The predicted molar refractivity (Wildman–Crippen MR) is 107 cm³/mol. The van der Waals surface area contributed by atoms with Crippen LogP contribution in [0.15, 0.2) is 65.8 Å². The van der Waals surface area contributed by atoms with Crippen molar-refractivity contribution in [3.8, 4) is 11.4 Å². The van der Waals surface area contributed by atoms with Crippen molar-refractivity contribution in [3.05, 3.63) is 66.2 Å². The minimum absolute atomic E-state index is 0.160. The van der Waals surface area contributed by atoms with E-state index in [1.165, 1.54) is 11.8 Å². The summed E-state index contributed by atoms with van der Waals surface area (Å²) in [6.45, 7) is 1.69. The number of likely N-dealkylation sites (tertiary alicyclic amines) is 1. The Balaban J connectivity index is 1.64. The van der Waals surface area contributed by atoms with E-state index in [1.54, 1.807) is 0 Å². The predicted octanol–water partition coefficient (Wildman–Crippen LogP) is 3.94. The normalized spacial score (nSPS) is 15.1. The van der Waals surface area contributed by atoms with Crippen LogP contribution in [0.3, 0.4) is 0 Å². The summed E-state index contributed by atoms with van der Waals surface area (Å²) in [5.74, 6) is 0.964. The Hall–Kier alpha value is -2.60. The number of hydrogen-bond acceptors (Lipinski definition) is 4. The van der Waals surface area contributed by atoms with Crippen molar-refractivity contribution < 1.29 is 4.79 Å². The molecule has 0 radical (unpaired) electrons. The minimum atomic E-state index is -0.309. The number of carbonyl (C=O) groups excluding carboxylic acids is 1. The fourth-order valence-corrected chi connectivity index (χ4v) is 4.44. The van der Waals surface area contributed by atoms with Crippen LogP contribution in [-0.4, -0.2) is 38.7 Å². The molecular weight excluding hydrogens is 356 g/mol. The van der Waals surface area contributed by atoms with Crippen LogP contribution in [-0.2, 0) is 11.8 Å². The van der Waals surface area contributed by atoms with Crippen molar-refractivity contribution in [2.75, 3.05) is 13.1 Å². The number of aromatic nitrogens is 3. The van der Waals surface area contributed by atoms with Crippen LogP contribution in [0.25, 0.3) is 11.4 Å². The lowest BCUT2D eigenvalue weighted by molar-refractivity contribution is -0.129. The smallest absolute Gasteiger partial charge is 0.240 e. The molecule has 0 aliphatic carbocycles. The lowest BCUT2D eigenvalue weighted by Gasteiger charge is -2.22. The van der Waals surface area contributed by atoms with Gasteiger partial charge in [0.05, 0.1) is 0 Å². The average molecular weight is 379 g/mol. The monoisotopic (exact) mass is 378 g/mol. The van der Waals surface area contributed by atoms with E-state index in [4.69, 9.17) is 0 Å². The molecular formula is C21H22N4OS. The molecule has 0 spiro atoms. The first-order valence-electron chi connectivity index (χ1n) is 9.19. The molecule has 2 aromatic carbocycles. The number of benzene rings is 2. The van der Waals surface area contributed by atoms with Crippen molar-refractivity contribution in [2.45, 2.75) is 23.2 Å². The van der Waals surface area contributed by atoms with Crippen LogP contribution in [0.2, 0.25) is 0 Å². The van der Waals surface area contributed by atoms with Gasteiger partial charge in [-0.15, -0.1) is 10.2 Å². The number of hydrogen-bond donors (Lipinski definition) is 0. The van der Waals surface area contributed by atoms with Gasteiger partial charge in [0.25, 0.3) is 0 Å². The maximum atomic E-state index is 13.2. The molecule has 2 heterocycles. The van der Waals surface area contributed by atoms with Crippen LogP contribution < -0.4 is 0 Å². The molecule has 0 N–H and O–H groups in total. The van der Waals surface area contributed by atoms with Crippen molar-refractivity contribution in [2.24, 2.45) is 7.05 Å². The SMILES string of the molecule is Cn1c(S[C@@H](C(=O)N2CCCC2)c2ccccc2)nnc1-c1ccccc1. The zero-order valence-corrected chi connectivity index (χ0v) is 16.1. The molecule has 1 saturated heterocycles. The number of thioether (sulfide) groups is 1. The van der Waals surface area contributed by atoms with Crippen molar-refractivity contribution in [1.82, 2.24) is 19.7 Å². The Morgan fingerprint density at radius 3 is 2.26 bits per heavy atom. The Labute approximate surface area is 163 Å². The number of carbonyl (C=O) groups is 1. The van der Waals surface area contributed by atoms with Gasteiger partial charge in [0.15, 0.2) is 11.0 Å². The van der Waals surface area contributed by atoms with Crippen LogP contribution in [0.5, 0.6) is 0 Å². The number of amides is 1. The molecule has 1 aliphatic rings. The molecule has 0 unspecified atom stereocenters. The van der Waals surface area contributed by atoms with Gasteiger partial charge < -0.3 is 9.47 Å². The highest BCUT2D eigenvalue weighted by Crippen LogP contribution is 2.37. The molecule has 27 heavy (non-hydrogen) atoms. The molecule has 1 atom stereocenters. The Bertz CT molecular complexity index is 904. The summed E-state index contributed by atoms with van der Waals surface area (Å²) in [6, 6.07) is 19.9. The first-order valence-corrected chi connectivity index (χ1v) is 10.1. The molecule has 0 bridgehead atoms. The number of rotatable bonds is 5. The zero-order chi connectivity index (χ0) is 18.6. The van der Waals surface area contributed by atoms with Gasteiger partial charge in [0, 0.05) is 25.7 Å². The molecule has 0 saturated carbocycles. The fourth-order valence-electron chi connectivity index (χ4n) is 3.35. The molecule has 5 nitrogen and oxygen atoms in total. The van der Waals surface area contributed by atoms with Crippen LogP contribution in [0.4, 0.5) is 0 Å². The molecule has 138 valence electrons. The summed E-state index contributed by atoms with van der Waals surface area (Å²) in [7, 11) is 1.95. The highest BCUT2D eigenvalue weighted by atomic mass is 32.2. The van der Waals surface area contributed by atoms with E-state index in [9.17, 15) is 4.79 Å². The molecule has 1 aliphatic heterocycles. The third kappa shape index (κ3) is 3.76. The van der Waals surface area contributed by atoms with Crippen molar-refractivity contribution in [1.29, 1.82) is 0 Å². The highest BCUT2D eigenvalue weighted by molar-refractivity contribution is 8.00. The second-order valence-electron chi connectivity index (χ2n) is 6.67. The molecule has 1 amide bonds. The van der Waals surface area contributed by atoms with E-state index in [1.807, 2.05) is 77.2 Å². The average Bonchev–Trinajstić information content (AvgIpc) is 3.37. The lowest BCUT2D eigenvalue weighted by Crippen LogP contribution is -2.31. The van der Waals surface area contributed by atoms with Crippen molar-refractivity contribution >= 4 is 17.7 Å². The van der Waals surface area contributed by atoms with Gasteiger partial charge in [-0.3, -0.25) is 4.79 Å². The highest BCUT2D eigenvalue weighted by Gasteiger charge is 2.30. The van der Waals surface area contributed by atoms with Crippen LogP contribution in [0, 0.1) is 0 Å². The second-order valence-corrected chi connectivity index (χ2v) is 7.74. The van der Waals surface area contributed by atoms with Gasteiger partial charge in [0.1, 0.15) is 5.25 Å². The Kier molecular flexibility index (Phi) is 5.25. The summed E-state index contributed by atoms with van der Waals surface area (Å²) in [5, 5.41) is 9.16. The molecule has 1 aromatic heterocycles. The summed E-state index contributed by atoms with van der Waals surface area (Å²) in [5.41, 5.74) is 2.02. The summed E-state index contributed by atoms with van der Waals surface area (Å²) >= 11 is 1.48. The van der Waals surface area contributed by atoms with E-state index in [-0.39, 0.29) is 11.2 Å². The van der Waals surface area contributed by atoms with Gasteiger partial charge in [0.2, 0.25) is 5.91 Å². The Morgan fingerprint density at radius 1 is 0.963 bits per heavy atom. The molecule has 4 rings (SSSR count). The minimum Gasteiger partial charge on any atom is -0.341 e. The maximum Gasteiger partial charge on any atom is 0.240 e. The van der Waals surface area contributed by atoms with Gasteiger partial charge in [-0.1, -0.05) is 72.4 Å². The fraction of sp³-hybridized carbons (Fsp3) is 0.286. The van der Waals surface area contributed by atoms with Crippen LogP contribution in [0.1, 0.15) is 23.7 Å². The van der Waals surface area contributed by atoms with Gasteiger partial charge >= 0.3 is 0 Å². The first kappa shape index (κ1) is 17.8. The third-order valence-corrected chi connectivity index (χ3v) is 6.11. The van der Waals surface area contributed by atoms with E-state index in [2.05, 4.69) is 10.2 Å². The summed E-state index contributed by atoms with van der Waals surface area (Å²) in [6.07, 6.45) is 2.17. The topological polar surface area (TPSA) is 51.0 Å². The van der Waals surface area contributed by atoms with Gasteiger partial charge in [-0.05, 0) is 18.4 Å². The van der Waals surface area contributed by atoms with E-state index in [0.717, 1.165) is 48.0 Å². The summed E-state index contributed by atoms with van der Waals surface area (Å²) in [4.78, 5) is 15.2. The van der Waals surface area contributed by atoms with E-state index in [0.29, 0.717) is 0 Å². The lowest BCUT2D eigenvalue weighted by atomic mass is 10.1. The zero-order valence-electron chi connectivity index (χ0n) is 15.3. The second kappa shape index (κ2) is 7.96. The number of nitrogens with zero attached hydrogens (tertiary/aromatic N) is 4. The van der Waals surface area contributed by atoms with Crippen molar-refractivity contribution in [3.63, 3.8) is 0 Å². The van der Waals surface area contributed by atoms with Crippen LogP contribution >= 0.6 is 11.8 Å². The quantitative estimate of drug-likeness (QED) is 0.631. The van der Waals surface area contributed by atoms with Gasteiger partial charge in [-0.25, -0.2) is 0 Å².